The molecule has 0 spiro atoms. The molecular weight excluding hydrogens is 228 g/mol. The molecule has 0 radical (unpaired) electrons. The molecule has 0 aliphatic carbocycles. The monoisotopic (exact) mass is 256 g/mol. The second-order valence-corrected chi connectivity index (χ2v) is 4.95. The summed E-state index contributed by atoms with van der Waals surface area (Å²) in [7, 11) is 0. The normalized spacial score (nSPS) is 14.0. The molecule has 0 saturated carbocycles. The van der Waals surface area contributed by atoms with Gasteiger partial charge in [0.2, 0.25) is 0 Å². The molecule has 0 aromatic rings. The van der Waals surface area contributed by atoms with Gasteiger partial charge in [-0.05, 0) is 26.2 Å². The topological polar surface area (TPSA) is 35.5 Å². The third-order valence-corrected chi connectivity index (χ3v) is 2.91. The van der Waals surface area contributed by atoms with E-state index in [9.17, 15) is 4.79 Å². The number of carbonyl (C=O) groups excluding carboxylic acids is 1. The van der Waals surface area contributed by atoms with Crippen LogP contribution in [0.3, 0.4) is 0 Å². The van der Waals surface area contributed by atoms with Crippen molar-refractivity contribution in [2.24, 2.45) is 5.92 Å². The minimum absolute atomic E-state index is 0.210. The Labute approximate surface area is 112 Å². The molecule has 18 heavy (non-hydrogen) atoms. The smallest absolute Gasteiger partial charge is 0.333 e. The van der Waals surface area contributed by atoms with E-state index in [2.05, 4.69) is 20.4 Å². The Morgan fingerprint density at radius 3 is 2.44 bits per heavy atom. The van der Waals surface area contributed by atoms with E-state index in [0.717, 1.165) is 13.0 Å². The number of ether oxygens (including phenoxy) is 2. The largest absolute Gasteiger partial charge is 0.457 e. The molecule has 0 saturated heterocycles. The SMILES string of the molecule is C=C(C)C(=O)OC(C)COCC(CC)CCCC. The molecule has 3 nitrogen and oxygen atoms in total. The number of carbonyl (C=O) groups is 1. The highest BCUT2D eigenvalue weighted by Gasteiger charge is 2.11. The summed E-state index contributed by atoms with van der Waals surface area (Å²) in [6, 6.07) is 0. The van der Waals surface area contributed by atoms with Crippen LogP contribution >= 0.6 is 0 Å². The molecule has 3 heteroatoms. The molecule has 0 heterocycles. The summed E-state index contributed by atoms with van der Waals surface area (Å²) < 4.78 is 10.8. The van der Waals surface area contributed by atoms with Gasteiger partial charge in [-0.1, -0.05) is 39.7 Å². The maximum absolute atomic E-state index is 11.3. The standard InChI is InChI=1S/C15H28O3/c1-6-8-9-14(7-2)11-17-10-13(5)18-15(16)12(3)4/h13-14H,3,6-11H2,1-2,4-5H3. The van der Waals surface area contributed by atoms with E-state index in [1.54, 1.807) is 6.92 Å². The van der Waals surface area contributed by atoms with E-state index < -0.39 is 0 Å². The fourth-order valence-electron chi connectivity index (χ4n) is 1.62. The lowest BCUT2D eigenvalue weighted by molar-refractivity contribution is -0.146. The lowest BCUT2D eigenvalue weighted by atomic mass is 10.0. The minimum atomic E-state index is -0.343. The highest BCUT2D eigenvalue weighted by atomic mass is 16.6. The van der Waals surface area contributed by atoms with Gasteiger partial charge in [-0.2, -0.15) is 0 Å². The summed E-state index contributed by atoms with van der Waals surface area (Å²) in [6.45, 7) is 12.6. The van der Waals surface area contributed by atoms with Crippen LogP contribution in [0.4, 0.5) is 0 Å². The van der Waals surface area contributed by atoms with E-state index >= 15 is 0 Å². The number of hydrogen-bond donors (Lipinski definition) is 0. The molecule has 0 aliphatic rings. The first kappa shape index (κ1) is 17.2. The Morgan fingerprint density at radius 2 is 1.94 bits per heavy atom. The zero-order chi connectivity index (χ0) is 14.0. The van der Waals surface area contributed by atoms with Crippen LogP contribution in [0.25, 0.3) is 0 Å². The van der Waals surface area contributed by atoms with E-state index in [4.69, 9.17) is 9.47 Å². The van der Waals surface area contributed by atoms with Crippen molar-refractivity contribution in [3.63, 3.8) is 0 Å². The summed E-state index contributed by atoms with van der Waals surface area (Å²) in [5.41, 5.74) is 0.427. The van der Waals surface area contributed by atoms with Crippen molar-refractivity contribution in [3.05, 3.63) is 12.2 Å². The van der Waals surface area contributed by atoms with Gasteiger partial charge in [0.25, 0.3) is 0 Å². The number of hydrogen-bond acceptors (Lipinski definition) is 3. The van der Waals surface area contributed by atoms with E-state index in [-0.39, 0.29) is 12.1 Å². The average molecular weight is 256 g/mol. The Hall–Kier alpha value is -0.830. The van der Waals surface area contributed by atoms with Crippen LogP contribution < -0.4 is 0 Å². The summed E-state index contributed by atoms with van der Waals surface area (Å²) in [5.74, 6) is 0.276. The maximum atomic E-state index is 11.3. The van der Waals surface area contributed by atoms with Crippen LogP contribution in [-0.4, -0.2) is 25.3 Å². The van der Waals surface area contributed by atoms with E-state index in [1.165, 1.54) is 19.3 Å². The first-order chi connectivity index (χ1) is 8.51. The second-order valence-electron chi connectivity index (χ2n) is 4.95. The second kappa shape index (κ2) is 10.1. The van der Waals surface area contributed by atoms with E-state index in [0.29, 0.717) is 18.1 Å². The molecular formula is C15H28O3. The molecule has 2 unspecified atom stereocenters. The molecule has 0 aliphatic heterocycles. The van der Waals surface area contributed by atoms with Crippen molar-refractivity contribution >= 4 is 5.97 Å². The number of rotatable bonds is 10. The van der Waals surface area contributed by atoms with Crippen molar-refractivity contribution < 1.29 is 14.3 Å². The summed E-state index contributed by atoms with van der Waals surface area (Å²) in [4.78, 5) is 11.3. The maximum Gasteiger partial charge on any atom is 0.333 e. The number of unbranched alkanes of at least 4 members (excludes halogenated alkanes) is 1. The van der Waals surface area contributed by atoms with Gasteiger partial charge in [0.1, 0.15) is 6.10 Å². The van der Waals surface area contributed by atoms with Crippen molar-refractivity contribution in [1.82, 2.24) is 0 Å². The molecule has 0 N–H and O–H groups in total. The van der Waals surface area contributed by atoms with Crippen LogP contribution in [0.5, 0.6) is 0 Å². The first-order valence-electron chi connectivity index (χ1n) is 6.95. The van der Waals surface area contributed by atoms with Crippen LogP contribution in [0.2, 0.25) is 0 Å². The minimum Gasteiger partial charge on any atom is -0.457 e. The van der Waals surface area contributed by atoms with Gasteiger partial charge in [-0.25, -0.2) is 4.79 Å². The van der Waals surface area contributed by atoms with Crippen LogP contribution in [0.1, 0.15) is 53.4 Å². The third-order valence-electron chi connectivity index (χ3n) is 2.91. The van der Waals surface area contributed by atoms with Crippen molar-refractivity contribution in [1.29, 1.82) is 0 Å². The zero-order valence-electron chi connectivity index (χ0n) is 12.3. The predicted molar refractivity (Wildman–Crippen MR) is 74.5 cm³/mol. The Kier molecular flexibility index (Phi) is 9.66. The van der Waals surface area contributed by atoms with Crippen LogP contribution in [-0.2, 0) is 14.3 Å². The van der Waals surface area contributed by atoms with Gasteiger partial charge in [0.15, 0.2) is 0 Å². The molecule has 0 fully saturated rings. The Balaban J connectivity index is 3.74. The molecule has 0 amide bonds. The average Bonchev–Trinajstić information content (AvgIpc) is 2.33. The lowest BCUT2D eigenvalue weighted by Crippen LogP contribution is -2.22. The van der Waals surface area contributed by atoms with Crippen molar-refractivity contribution in [2.45, 2.75) is 59.5 Å². The number of esters is 1. The first-order valence-corrected chi connectivity index (χ1v) is 6.95. The van der Waals surface area contributed by atoms with Gasteiger partial charge >= 0.3 is 5.97 Å². The van der Waals surface area contributed by atoms with Gasteiger partial charge < -0.3 is 9.47 Å². The third kappa shape index (κ3) is 8.29. The molecule has 0 aromatic heterocycles. The predicted octanol–water partition coefficient (Wildman–Crippen LogP) is 3.73. The quantitative estimate of drug-likeness (QED) is 0.441. The zero-order valence-corrected chi connectivity index (χ0v) is 12.3. The summed E-state index contributed by atoms with van der Waals surface area (Å²) >= 11 is 0. The van der Waals surface area contributed by atoms with Crippen LogP contribution in [0.15, 0.2) is 12.2 Å². The molecule has 106 valence electrons. The fourth-order valence-corrected chi connectivity index (χ4v) is 1.62. The van der Waals surface area contributed by atoms with Crippen LogP contribution in [0, 0.1) is 5.92 Å². The highest BCUT2D eigenvalue weighted by molar-refractivity contribution is 5.87. The Morgan fingerprint density at radius 1 is 1.28 bits per heavy atom. The van der Waals surface area contributed by atoms with Gasteiger partial charge in [-0.3, -0.25) is 0 Å². The van der Waals surface area contributed by atoms with E-state index in [1.807, 2.05) is 6.92 Å². The molecule has 0 bridgehead atoms. The molecule has 2 atom stereocenters. The molecule has 0 rings (SSSR count). The highest BCUT2D eigenvalue weighted by Crippen LogP contribution is 2.13. The van der Waals surface area contributed by atoms with Gasteiger partial charge in [-0.15, -0.1) is 0 Å². The Bertz CT molecular complexity index is 248. The van der Waals surface area contributed by atoms with Crippen molar-refractivity contribution in [3.8, 4) is 0 Å². The summed E-state index contributed by atoms with van der Waals surface area (Å²) in [6.07, 6.45) is 4.62. The lowest BCUT2D eigenvalue weighted by Gasteiger charge is -2.17. The van der Waals surface area contributed by atoms with Crippen molar-refractivity contribution in [2.75, 3.05) is 13.2 Å². The summed E-state index contributed by atoms with van der Waals surface area (Å²) in [5, 5.41) is 0. The molecule has 0 aromatic carbocycles. The fraction of sp³-hybridized carbons (Fsp3) is 0.800. The van der Waals surface area contributed by atoms with Gasteiger partial charge in [0, 0.05) is 12.2 Å². The van der Waals surface area contributed by atoms with Gasteiger partial charge in [0.05, 0.1) is 6.61 Å².